The van der Waals surface area contributed by atoms with Gasteiger partial charge in [0.05, 0.1) is 0 Å². The summed E-state index contributed by atoms with van der Waals surface area (Å²) in [7, 11) is 0. The Bertz CT molecular complexity index is 387. The van der Waals surface area contributed by atoms with Gasteiger partial charge in [0.2, 0.25) is 0 Å². The van der Waals surface area contributed by atoms with Crippen molar-refractivity contribution in [3.05, 3.63) is 34.9 Å². The zero-order chi connectivity index (χ0) is 13.0. The quantitative estimate of drug-likeness (QED) is 0.851. The Morgan fingerprint density at radius 3 is 2.72 bits per heavy atom. The minimum absolute atomic E-state index is 0.299. The van der Waals surface area contributed by atoms with Gasteiger partial charge in [0.1, 0.15) is 0 Å². The van der Waals surface area contributed by atoms with Gasteiger partial charge in [-0.15, -0.1) is 0 Å². The van der Waals surface area contributed by atoms with Crippen molar-refractivity contribution in [3.63, 3.8) is 0 Å². The standard InChI is InChI=1S/C16H25NS/c1-12(2)10-18-11-16(17)9-13-6-7-14-4-3-5-15(14)8-13/h6-8,12,16H,3-5,9-11,17H2,1-2H3. The highest BCUT2D eigenvalue weighted by Gasteiger charge is 2.12. The van der Waals surface area contributed by atoms with Gasteiger partial charge in [0.25, 0.3) is 0 Å². The van der Waals surface area contributed by atoms with Gasteiger partial charge in [0, 0.05) is 11.8 Å². The molecular formula is C16H25NS. The summed E-state index contributed by atoms with van der Waals surface area (Å²) in [5.41, 5.74) is 10.8. The fourth-order valence-electron chi connectivity index (χ4n) is 2.57. The maximum Gasteiger partial charge on any atom is 0.0171 e. The Hall–Kier alpha value is -0.470. The maximum atomic E-state index is 6.22. The van der Waals surface area contributed by atoms with E-state index in [4.69, 9.17) is 5.73 Å². The zero-order valence-electron chi connectivity index (χ0n) is 11.6. The van der Waals surface area contributed by atoms with E-state index in [1.54, 1.807) is 11.1 Å². The van der Waals surface area contributed by atoms with Crippen LogP contribution in [0, 0.1) is 5.92 Å². The Labute approximate surface area is 116 Å². The molecular weight excluding hydrogens is 238 g/mol. The molecule has 18 heavy (non-hydrogen) atoms. The van der Waals surface area contributed by atoms with E-state index in [2.05, 4.69) is 32.0 Å². The first-order valence-corrected chi connectivity index (χ1v) is 8.24. The third kappa shape index (κ3) is 4.03. The van der Waals surface area contributed by atoms with E-state index in [-0.39, 0.29) is 0 Å². The number of fused-ring (bicyclic) bond motifs is 1. The lowest BCUT2D eigenvalue weighted by atomic mass is 10.0. The fraction of sp³-hybridized carbons (Fsp3) is 0.625. The van der Waals surface area contributed by atoms with E-state index in [1.165, 1.54) is 30.6 Å². The van der Waals surface area contributed by atoms with Crippen LogP contribution in [0.25, 0.3) is 0 Å². The first-order chi connectivity index (χ1) is 8.65. The van der Waals surface area contributed by atoms with Crippen molar-refractivity contribution in [1.29, 1.82) is 0 Å². The molecule has 0 spiro atoms. The molecule has 2 rings (SSSR count). The second kappa shape index (κ2) is 6.63. The topological polar surface area (TPSA) is 26.0 Å². The first kappa shape index (κ1) is 14.0. The molecule has 0 heterocycles. The molecule has 0 aromatic heterocycles. The summed E-state index contributed by atoms with van der Waals surface area (Å²) < 4.78 is 0. The van der Waals surface area contributed by atoms with E-state index in [0.29, 0.717) is 6.04 Å². The zero-order valence-corrected chi connectivity index (χ0v) is 12.4. The number of hydrogen-bond donors (Lipinski definition) is 1. The molecule has 0 saturated carbocycles. The number of nitrogens with two attached hydrogens (primary N) is 1. The third-order valence-corrected chi connectivity index (χ3v) is 5.01. The average molecular weight is 263 g/mol. The summed E-state index contributed by atoms with van der Waals surface area (Å²) in [5, 5.41) is 0. The molecule has 0 aliphatic heterocycles. The monoisotopic (exact) mass is 263 g/mol. The summed E-state index contributed by atoms with van der Waals surface area (Å²) >= 11 is 1.99. The van der Waals surface area contributed by atoms with Crippen molar-refractivity contribution in [3.8, 4) is 0 Å². The van der Waals surface area contributed by atoms with Gasteiger partial charge in [-0.25, -0.2) is 0 Å². The summed E-state index contributed by atoms with van der Waals surface area (Å²) in [4.78, 5) is 0. The smallest absolute Gasteiger partial charge is 0.0171 e. The lowest BCUT2D eigenvalue weighted by Gasteiger charge is -2.13. The summed E-state index contributed by atoms with van der Waals surface area (Å²) in [5.74, 6) is 3.06. The van der Waals surface area contributed by atoms with Crippen LogP contribution in [0.4, 0.5) is 0 Å². The minimum atomic E-state index is 0.299. The Morgan fingerprint density at radius 2 is 1.94 bits per heavy atom. The SMILES string of the molecule is CC(C)CSCC(N)Cc1ccc2c(c1)CCC2. The molecule has 0 fully saturated rings. The first-order valence-electron chi connectivity index (χ1n) is 7.09. The van der Waals surface area contributed by atoms with E-state index >= 15 is 0 Å². The van der Waals surface area contributed by atoms with Crippen molar-refractivity contribution in [1.82, 2.24) is 0 Å². The molecule has 2 N–H and O–H groups in total. The molecule has 100 valence electrons. The van der Waals surface area contributed by atoms with Crippen LogP contribution in [0.15, 0.2) is 18.2 Å². The van der Waals surface area contributed by atoms with Crippen LogP contribution in [-0.4, -0.2) is 17.5 Å². The Kier molecular flexibility index (Phi) is 5.13. The van der Waals surface area contributed by atoms with Crippen molar-refractivity contribution >= 4 is 11.8 Å². The predicted molar refractivity (Wildman–Crippen MR) is 82.3 cm³/mol. The minimum Gasteiger partial charge on any atom is -0.327 e. The molecule has 2 heteroatoms. The largest absolute Gasteiger partial charge is 0.327 e. The fourth-order valence-corrected chi connectivity index (χ4v) is 3.60. The van der Waals surface area contributed by atoms with Crippen molar-refractivity contribution in [2.75, 3.05) is 11.5 Å². The van der Waals surface area contributed by atoms with Crippen LogP contribution in [-0.2, 0) is 19.3 Å². The summed E-state index contributed by atoms with van der Waals surface area (Å²) in [6, 6.07) is 7.27. The molecule has 1 aliphatic carbocycles. The number of hydrogen-bond acceptors (Lipinski definition) is 2. The van der Waals surface area contributed by atoms with Crippen molar-refractivity contribution in [2.45, 2.75) is 45.6 Å². The summed E-state index contributed by atoms with van der Waals surface area (Å²) in [6.07, 6.45) is 4.89. The summed E-state index contributed by atoms with van der Waals surface area (Å²) in [6.45, 7) is 4.53. The Balaban J connectivity index is 1.82. The van der Waals surface area contributed by atoms with Gasteiger partial charge >= 0.3 is 0 Å². The Morgan fingerprint density at radius 1 is 1.17 bits per heavy atom. The van der Waals surface area contributed by atoms with Crippen LogP contribution < -0.4 is 5.73 Å². The van der Waals surface area contributed by atoms with E-state index in [9.17, 15) is 0 Å². The highest BCUT2D eigenvalue weighted by molar-refractivity contribution is 7.99. The number of rotatable bonds is 6. The second-order valence-electron chi connectivity index (χ2n) is 5.85. The lowest BCUT2D eigenvalue weighted by Crippen LogP contribution is -2.26. The van der Waals surface area contributed by atoms with Gasteiger partial charge in [0.15, 0.2) is 0 Å². The van der Waals surface area contributed by atoms with E-state index in [0.717, 1.165) is 18.1 Å². The van der Waals surface area contributed by atoms with Gasteiger partial charge in [-0.3, -0.25) is 0 Å². The molecule has 0 bridgehead atoms. The molecule has 1 nitrogen and oxygen atoms in total. The molecule has 1 aliphatic rings. The lowest BCUT2D eigenvalue weighted by molar-refractivity contribution is 0.731. The molecule has 1 atom stereocenters. The van der Waals surface area contributed by atoms with Crippen LogP contribution >= 0.6 is 11.8 Å². The molecule has 0 radical (unpaired) electrons. The predicted octanol–water partition coefficient (Wildman–Crippen LogP) is 3.43. The number of thioether (sulfide) groups is 1. The normalized spacial score (nSPS) is 16.0. The highest BCUT2D eigenvalue weighted by atomic mass is 32.2. The van der Waals surface area contributed by atoms with Crippen LogP contribution in [0.1, 0.15) is 37.0 Å². The third-order valence-electron chi connectivity index (χ3n) is 3.44. The van der Waals surface area contributed by atoms with Crippen LogP contribution in [0.5, 0.6) is 0 Å². The van der Waals surface area contributed by atoms with E-state index in [1.807, 2.05) is 11.8 Å². The average Bonchev–Trinajstić information content (AvgIpc) is 2.75. The molecule has 1 aromatic rings. The van der Waals surface area contributed by atoms with Crippen LogP contribution in [0.3, 0.4) is 0 Å². The van der Waals surface area contributed by atoms with Gasteiger partial charge in [-0.2, -0.15) is 11.8 Å². The molecule has 0 saturated heterocycles. The molecule has 1 unspecified atom stereocenters. The van der Waals surface area contributed by atoms with Crippen molar-refractivity contribution in [2.24, 2.45) is 11.7 Å². The second-order valence-corrected chi connectivity index (χ2v) is 6.93. The van der Waals surface area contributed by atoms with Gasteiger partial charge in [-0.1, -0.05) is 32.0 Å². The van der Waals surface area contributed by atoms with Crippen molar-refractivity contribution < 1.29 is 0 Å². The van der Waals surface area contributed by atoms with Gasteiger partial charge < -0.3 is 5.73 Å². The van der Waals surface area contributed by atoms with E-state index < -0.39 is 0 Å². The molecule has 1 aromatic carbocycles. The molecule has 0 amide bonds. The highest BCUT2D eigenvalue weighted by Crippen LogP contribution is 2.23. The number of aryl methyl sites for hydroxylation is 2. The van der Waals surface area contributed by atoms with Gasteiger partial charge in [-0.05, 0) is 54.0 Å². The van der Waals surface area contributed by atoms with Crippen LogP contribution in [0.2, 0.25) is 0 Å². The maximum absolute atomic E-state index is 6.22. The number of benzene rings is 1.